The Kier molecular flexibility index (Phi) is 6.21. The molecule has 0 saturated heterocycles. The first-order valence-corrected chi connectivity index (χ1v) is 7.74. The van der Waals surface area contributed by atoms with Crippen LogP contribution in [-0.2, 0) is 9.53 Å². The van der Waals surface area contributed by atoms with Crippen molar-refractivity contribution >= 4 is 5.97 Å². The van der Waals surface area contributed by atoms with Gasteiger partial charge in [0.05, 0.1) is 0 Å². The quantitative estimate of drug-likeness (QED) is 0.754. The maximum absolute atomic E-state index is 11.9. The highest BCUT2D eigenvalue weighted by molar-refractivity contribution is 5.78. The zero-order valence-electron chi connectivity index (χ0n) is 13.8. The molecule has 128 valence electrons. The second kappa shape index (κ2) is 8.36. The van der Waals surface area contributed by atoms with Gasteiger partial charge in [0.1, 0.15) is 24.7 Å². The molecule has 0 unspecified atom stereocenters. The molecule has 5 heteroatoms. The minimum absolute atomic E-state index is 0.124. The van der Waals surface area contributed by atoms with Crippen molar-refractivity contribution in [1.29, 1.82) is 0 Å². The van der Waals surface area contributed by atoms with E-state index in [9.17, 15) is 9.90 Å². The minimum atomic E-state index is -1.57. The fourth-order valence-corrected chi connectivity index (χ4v) is 1.82. The summed E-state index contributed by atoms with van der Waals surface area (Å²) in [5.74, 6) is 0.615. The van der Waals surface area contributed by atoms with Crippen LogP contribution >= 0.6 is 0 Å². The van der Waals surface area contributed by atoms with Gasteiger partial charge in [-0.15, -0.1) is 0 Å². The monoisotopic (exact) mass is 330 g/mol. The summed E-state index contributed by atoms with van der Waals surface area (Å²) in [5.41, 5.74) is -1.57. The molecule has 0 aliphatic carbocycles. The Labute approximate surface area is 141 Å². The average molecular weight is 330 g/mol. The molecule has 0 aliphatic heterocycles. The van der Waals surface area contributed by atoms with Crippen molar-refractivity contribution in [3.8, 4) is 11.5 Å². The third kappa shape index (κ3) is 5.93. The average Bonchev–Trinajstić information content (AvgIpc) is 2.58. The van der Waals surface area contributed by atoms with Gasteiger partial charge in [-0.05, 0) is 38.1 Å². The Morgan fingerprint density at radius 1 is 0.917 bits per heavy atom. The van der Waals surface area contributed by atoms with E-state index in [-0.39, 0.29) is 13.2 Å². The molecule has 0 spiro atoms. The molecular formula is C19H22O5. The first kappa shape index (κ1) is 17.8. The topological polar surface area (TPSA) is 65.0 Å². The number of carbonyl (C=O) groups excluding carboxylic acids is 1. The van der Waals surface area contributed by atoms with Crippen LogP contribution in [0.15, 0.2) is 60.7 Å². The summed E-state index contributed by atoms with van der Waals surface area (Å²) in [6, 6.07) is 18.4. The van der Waals surface area contributed by atoms with Gasteiger partial charge >= 0.3 is 5.97 Å². The number of ether oxygens (including phenoxy) is 3. The van der Waals surface area contributed by atoms with Gasteiger partial charge in [-0.1, -0.05) is 36.4 Å². The third-order valence-corrected chi connectivity index (χ3v) is 3.13. The molecule has 24 heavy (non-hydrogen) atoms. The van der Waals surface area contributed by atoms with Crippen LogP contribution in [-0.4, -0.2) is 36.0 Å². The van der Waals surface area contributed by atoms with Gasteiger partial charge in [0.2, 0.25) is 0 Å². The van der Waals surface area contributed by atoms with Crippen LogP contribution in [0.3, 0.4) is 0 Å². The molecule has 0 fully saturated rings. The molecule has 0 saturated carbocycles. The summed E-state index contributed by atoms with van der Waals surface area (Å²) in [7, 11) is 0. The Morgan fingerprint density at radius 2 is 1.33 bits per heavy atom. The molecule has 0 bridgehead atoms. The molecule has 0 amide bonds. The van der Waals surface area contributed by atoms with Crippen LogP contribution in [0.2, 0.25) is 0 Å². The van der Waals surface area contributed by atoms with E-state index in [1.165, 1.54) is 13.8 Å². The lowest BCUT2D eigenvalue weighted by Crippen LogP contribution is -2.40. The Balaban J connectivity index is 1.96. The first-order chi connectivity index (χ1) is 11.4. The van der Waals surface area contributed by atoms with Crippen molar-refractivity contribution in [2.45, 2.75) is 25.6 Å². The minimum Gasteiger partial charge on any atom is -0.490 e. The summed E-state index contributed by atoms with van der Waals surface area (Å²) in [6.45, 7) is 3.00. The number of benzene rings is 2. The fourth-order valence-electron chi connectivity index (χ4n) is 1.82. The highest BCUT2D eigenvalue weighted by Gasteiger charge is 2.29. The molecule has 2 aromatic carbocycles. The SMILES string of the molecule is CC(C)(O)C(=O)OC(COc1ccccc1)COc1ccccc1. The van der Waals surface area contributed by atoms with E-state index in [0.717, 1.165) is 0 Å². The van der Waals surface area contributed by atoms with Gasteiger partial charge in [0.25, 0.3) is 0 Å². The van der Waals surface area contributed by atoms with Gasteiger partial charge in [0.15, 0.2) is 11.7 Å². The number of esters is 1. The van der Waals surface area contributed by atoms with Gasteiger partial charge < -0.3 is 19.3 Å². The van der Waals surface area contributed by atoms with E-state index in [1.807, 2.05) is 60.7 Å². The second-order valence-electron chi connectivity index (χ2n) is 5.83. The third-order valence-electron chi connectivity index (χ3n) is 3.13. The number of aliphatic hydroxyl groups is 1. The van der Waals surface area contributed by atoms with Crippen LogP contribution < -0.4 is 9.47 Å². The lowest BCUT2D eigenvalue weighted by atomic mass is 10.1. The summed E-state index contributed by atoms with van der Waals surface area (Å²) < 4.78 is 16.6. The Hall–Kier alpha value is -2.53. The van der Waals surface area contributed by atoms with Crippen molar-refractivity contribution in [1.82, 2.24) is 0 Å². The highest BCUT2D eigenvalue weighted by atomic mass is 16.6. The zero-order valence-corrected chi connectivity index (χ0v) is 13.8. The molecule has 0 radical (unpaired) electrons. The highest BCUT2D eigenvalue weighted by Crippen LogP contribution is 2.14. The lowest BCUT2D eigenvalue weighted by Gasteiger charge is -2.23. The van der Waals surface area contributed by atoms with Crippen LogP contribution in [0.25, 0.3) is 0 Å². The van der Waals surface area contributed by atoms with E-state index in [4.69, 9.17) is 14.2 Å². The molecular weight excluding hydrogens is 308 g/mol. The van der Waals surface area contributed by atoms with Gasteiger partial charge in [0, 0.05) is 0 Å². The van der Waals surface area contributed by atoms with Crippen LogP contribution in [0.5, 0.6) is 11.5 Å². The van der Waals surface area contributed by atoms with Crippen molar-refractivity contribution in [3.05, 3.63) is 60.7 Å². The van der Waals surface area contributed by atoms with Gasteiger partial charge in [-0.2, -0.15) is 0 Å². The molecule has 1 N–H and O–H groups in total. The maximum atomic E-state index is 11.9. The molecule has 5 nitrogen and oxygen atoms in total. The van der Waals surface area contributed by atoms with E-state index in [0.29, 0.717) is 11.5 Å². The van der Waals surface area contributed by atoms with Crippen LogP contribution in [0.1, 0.15) is 13.8 Å². The number of carbonyl (C=O) groups is 1. The molecule has 2 aromatic rings. The van der Waals surface area contributed by atoms with E-state index in [2.05, 4.69) is 0 Å². The summed E-state index contributed by atoms with van der Waals surface area (Å²) in [6.07, 6.45) is -0.649. The summed E-state index contributed by atoms with van der Waals surface area (Å²) in [5, 5.41) is 9.75. The fraction of sp³-hybridized carbons (Fsp3) is 0.316. The van der Waals surface area contributed by atoms with Crippen molar-refractivity contribution in [2.75, 3.05) is 13.2 Å². The number of para-hydroxylation sites is 2. The predicted molar refractivity (Wildman–Crippen MR) is 90.1 cm³/mol. The Morgan fingerprint density at radius 3 is 1.71 bits per heavy atom. The van der Waals surface area contributed by atoms with E-state index in [1.54, 1.807) is 0 Å². The van der Waals surface area contributed by atoms with Crippen molar-refractivity contribution < 1.29 is 24.1 Å². The zero-order chi connectivity index (χ0) is 17.4. The van der Waals surface area contributed by atoms with Crippen LogP contribution in [0.4, 0.5) is 0 Å². The second-order valence-corrected chi connectivity index (χ2v) is 5.83. The normalized spacial score (nSPS) is 11.2. The summed E-state index contributed by atoms with van der Waals surface area (Å²) >= 11 is 0. The largest absolute Gasteiger partial charge is 0.490 e. The van der Waals surface area contributed by atoms with Gasteiger partial charge in [-0.3, -0.25) is 0 Å². The molecule has 2 rings (SSSR count). The van der Waals surface area contributed by atoms with Crippen molar-refractivity contribution in [3.63, 3.8) is 0 Å². The molecule has 0 aromatic heterocycles. The van der Waals surface area contributed by atoms with Crippen molar-refractivity contribution in [2.24, 2.45) is 0 Å². The van der Waals surface area contributed by atoms with Crippen LogP contribution in [0, 0.1) is 0 Å². The predicted octanol–water partition coefficient (Wildman–Crippen LogP) is 2.83. The first-order valence-electron chi connectivity index (χ1n) is 7.74. The maximum Gasteiger partial charge on any atom is 0.338 e. The van der Waals surface area contributed by atoms with E-state index >= 15 is 0 Å². The smallest absolute Gasteiger partial charge is 0.338 e. The Bertz CT molecular complexity index is 576. The summed E-state index contributed by atoms with van der Waals surface area (Å²) in [4.78, 5) is 11.9. The standard InChI is InChI=1S/C19H22O5/c1-19(2,21)18(20)24-17(13-22-15-9-5-3-6-10-15)14-23-16-11-7-4-8-12-16/h3-12,17,21H,13-14H2,1-2H3. The number of hydrogen-bond acceptors (Lipinski definition) is 5. The van der Waals surface area contributed by atoms with Gasteiger partial charge in [-0.25, -0.2) is 4.79 Å². The number of hydrogen-bond donors (Lipinski definition) is 1. The lowest BCUT2D eigenvalue weighted by molar-refractivity contribution is -0.170. The molecule has 0 heterocycles. The molecule has 0 atom stereocenters. The number of rotatable bonds is 8. The molecule has 0 aliphatic rings. The van der Waals surface area contributed by atoms with E-state index < -0.39 is 17.7 Å².